The van der Waals surface area contributed by atoms with Crippen molar-refractivity contribution in [3.63, 3.8) is 0 Å². The van der Waals surface area contributed by atoms with Crippen LogP contribution in [0.5, 0.6) is 0 Å². The third-order valence-electron chi connectivity index (χ3n) is 2.99. The van der Waals surface area contributed by atoms with Crippen molar-refractivity contribution in [1.29, 1.82) is 0 Å². The predicted molar refractivity (Wildman–Crippen MR) is 82.8 cm³/mol. The van der Waals surface area contributed by atoms with Crippen LogP contribution in [-0.4, -0.2) is 22.8 Å². The average molecular weight is 312 g/mol. The number of hydrogen-bond acceptors (Lipinski definition) is 3. The van der Waals surface area contributed by atoms with E-state index in [1.165, 1.54) is 6.07 Å². The van der Waals surface area contributed by atoms with Gasteiger partial charge in [0.2, 0.25) is 5.95 Å². The Labute approximate surface area is 128 Å². The number of rotatable bonds is 7. The van der Waals surface area contributed by atoms with E-state index in [0.717, 1.165) is 18.7 Å². The highest BCUT2D eigenvalue weighted by atomic mass is 35.5. The Morgan fingerprint density at radius 3 is 3.00 bits per heavy atom. The van der Waals surface area contributed by atoms with Gasteiger partial charge in [-0.2, -0.15) is 0 Å². The maximum Gasteiger partial charge on any atom is 0.207 e. The second-order valence-electron chi connectivity index (χ2n) is 4.68. The third kappa shape index (κ3) is 4.19. The van der Waals surface area contributed by atoms with E-state index in [4.69, 9.17) is 16.3 Å². The van der Waals surface area contributed by atoms with E-state index in [2.05, 4.69) is 10.3 Å². The fraction of sp³-hybridized carbons (Fsp3) is 0.400. The molecule has 0 saturated heterocycles. The molecule has 0 aliphatic heterocycles. The maximum atomic E-state index is 13.9. The molecule has 114 valence electrons. The SMILES string of the molecule is CCOCCCn1cc(C)nc1Nc1cccc(Cl)c1F. The number of halogens is 2. The lowest BCUT2D eigenvalue weighted by atomic mass is 10.3. The molecule has 21 heavy (non-hydrogen) atoms. The third-order valence-corrected chi connectivity index (χ3v) is 3.28. The zero-order valence-electron chi connectivity index (χ0n) is 12.2. The van der Waals surface area contributed by atoms with Crippen molar-refractivity contribution in [3.05, 3.63) is 40.9 Å². The molecular formula is C15H19ClFN3O. The van der Waals surface area contributed by atoms with Crippen molar-refractivity contribution in [2.45, 2.75) is 26.8 Å². The molecular weight excluding hydrogens is 293 g/mol. The molecule has 6 heteroatoms. The van der Waals surface area contributed by atoms with Gasteiger partial charge in [0.05, 0.1) is 16.4 Å². The first-order valence-corrected chi connectivity index (χ1v) is 7.32. The second kappa shape index (κ2) is 7.43. The lowest BCUT2D eigenvalue weighted by molar-refractivity contribution is 0.142. The first kappa shape index (κ1) is 15.8. The Hall–Kier alpha value is -1.59. The van der Waals surface area contributed by atoms with Gasteiger partial charge in [0.1, 0.15) is 0 Å². The quantitative estimate of drug-likeness (QED) is 0.781. The van der Waals surface area contributed by atoms with Gasteiger partial charge in [-0.3, -0.25) is 0 Å². The molecule has 2 rings (SSSR count). The summed E-state index contributed by atoms with van der Waals surface area (Å²) in [5.74, 6) is 0.130. The van der Waals surface area contributed by atoms with Crippen LogP contribution in [0.2, 0.25) is 5.02 Å². The smallest absolute Gasteiger partial charge is 0.207 e. The number of aromatic nitrogens is 2. The highest BCUT2D eigenvalue weighted by Gasteiger charge is 2.10. The van der Waals surface area contributed by atoms with Gasteiger partial charge in [-0.1, -0.05) is 17.7 Å². The first-order valence-electron chi connectivity index (χ1n) is 6.94. The average Bonchev–Trinajstić information content (AvgIpc) is 2.80. The van der Waals surface area contributed by atoms with Crippen LogP contribution in [0.3, 0.4) is 0 Å². The van der Waals surface area contributed by atoms with Crippen molar-refractivity contribution in [3.8, 4) is 0 Å². The Morgan fingerprint density at radius 2 is 2.24 bits per heavy atom. The number of imidazole rings is 1. The molecule has 0 atom stereocenters. The number of ether oxygens (including phenoxy) is 1. The van der Waals surface area contributed by atoms with Gasteiger partial charge in [-0.25, -0.2) is 9.37 Å². The van der Waals surface area contributed by atoms with Crippen LogP contribution in [0.4, 0.5) is 16.0 Å². The lowest BCUT2D eigenvalue weighted by Crippen LogP contribution is -2.06. The van der Waals surface area contributed by atoms with Crippen molar-refractivity contribution in [2.75, 3.05) is 18.5 Å². The molecule has 0 spiro atoms. The zero-order valence-corrected chi connectivity index (χ0v) is 13.0. The van der Waals surface area contributed by atoms with E-state index in [0.29, 0.717) is 24.8 Å². The fourth-order valence-corrected chi connectivity index (χ4v) is 2.19. The van der Waals surface area contributed by atoms with Gasteiger partial charge in [0.25, 0.3) is 0 Å². The first-order chi connectivity index (χ1) is 10.1. The number of anilines is 2. The second-order valence-corrected chi connectivity index (χ2v) is 5.08. The Balaban J connectivity index is 2.10. The van der Waals surface area contributed by atoms with E-state index in [9.17, 15) is 4.39 Å². The van der Waals surface area contributed by atoms with Crippen molar-refractivity contribution in [2.24, 2.45) is 0 Å². The number of nitrogens with zero attached hydrogens (tertiary/aromatic N) is 2. The summed E-state index contributed by atoms with van der Waals surface area (Å²) >= 11 is 5.78. The minimum absolute atomic E-state index is 0.0890. The van der Waals surface area contributed by atoms with Crippen LogP contribution < -0.4 is 5.32 Å². The van der Waals surface area contributed by atoms with Crippen molar-refractivity contribution >= 4 is 23.2 Å². The van der Waals surface area contributed by atoms with Gasteiger partial charge in [-0.05, 0) is 32.4 Å². The molecule has 0 aliphatic rings. The number of hydrogen-bond donors (Lipinski definition) is 1. The summed E-state index contributed by atoms with van der Waals surface area (Å²) < 4.78 is 21.2. The lowest BCUT2D eigenvalue weighted by Gasteiger charge is -2.11. The van der Waals surface area contributed by atoms with Crippen LogP contribution in [0.15, 0.2) is 24.4 Å². The monoisotopic (exact) mass is 311 g/mol. The minimum Gasteiger partial charge on any atom is -0.382 e. The number of benzene rings is 1. The zero-order chi connectivity index (χ0) is 15.2. The minimum atomic E-state index is -0.472. The predicted octanol–water partition coefficient (Wildman–Crippen LogP) is 4.15. The Bertz CT molecular complexity index is 601. The van der Waals surface area contributed by atoms with E-state index in [-0.39, 0.29) is 5.02 Å². The number of aryl methyl sites for hydroxylation is 2. The standard InChI is InChI=1S/C15H19ClFN3O/c1-3-21-9-5-8-20-10-11(2)18-15(20)19-13-7-4-6-12(16)14(13)17/h4,6-7,10H,3,5,8-9H2,1-2H3,(H,18,19). The topological polar surface area (TPSA) is 39.1 Å². The number of nitrogens with one attached hydrogen (secondary N) is 1. The summed E-state index contributed by atoms with van der Waals surface area (Å²) in [5, 5.41) is 3.08. The summed E-state index contributed by atoms with van der Waals surface area (Å²) in [6, 6.07) is 4.85. The summed E-state index contributed by atoms with van der Waals surface area (Å²) in [6.45, 7) is 6.03. The molecule has 0 amide bonds. The summed E-state index contributed by atoms with van der Waals surface area (Å²) in [7, 11) is 0. The van der Waals surface area contributed by atoms with Crippen molar-refractivity contribution < 1.29 is 9.13 Å². The van der Waals surface area contributed by atoms with Crippen LogP contribution in [0.25, 0.3) is 0 Å². The van der Waals surface area contributed by atoms with E-state index in [1.54, 1.807) is 12.1 Å². The van der Waals surface area contributed by atoms with E-state index < -0.39 is 5.82 Å². The normalized spacial score (nSPS) is 10.9. The van der Waals surface area contributed by atoms with Gasteiger partial charge in [0.15, 0.2) is 5.82 Å². The highest BCUT2D eigenvalue weighted by Crippen LogP contribution is 2.25. The molecule has 1 aromatic carbocycles. The molecule has 4 nitrogen and oxygen atoms in total. The molecule has 0 radical (unpaired) electrons. The molecule has 0 unspecified atom stereocenters. The van der Waals surface area contributed by atoms with Crippen LogP contribution in [0, 0.1) is 12.7 Å². The summed E-state index contributed by atoms with van der Waals surface area (Å²) in [4.78, 5) is 4.38. The summed E-state index contributed by atoms with van der Waals surface area (Å²) in [6.07, 6.45) is 2.80. The van der Waals surface area contributed by atoms with E-state index >= 15 is 0 Å². The molecule has 0 bridgehead atoms. The molecule has 0 fully saturated rings. The molecule has 1 heterocycles. The van der Waals surface area contributed by atoms with Gasteiger partial charge < -0.3 is 14.6 Å². The Morgan fingerprint density at radius 1 is 1.43 bits per heavy atom. The van der Waals surface area contributed by atoms with Gasteiger partial charge in [0, 0.05) is 26.0 Å². The molecule has 0 saturated carbocycles. The van der Waals surface area contributed by atoms with Gasteiger partial charge >= 0.3 is 0 Å². The molecule has 2 aromatic rings. The van der Waals surface area contributed by atoms with Crippen molar-refractivity contribution in [1.82, 2.24) is 9.55 Å². The van der Waals surface area contributed by atoms with E-state index in [1.807, 2.05) is 24.6 Å². The largest absolute Gasteiger partial charge is 0.382 e. The highest BCUT2D eigenvalue weighted by molar-refractivity contribution is 6.31. The van der Waals surface area contributed by atoms with Gasteiger partial charge in [-0.15, -0.1) is 0 Å². The van der Waals surface area contributed by atoms with Crippen LogP contribution in [0.1, 0.15) is 19.0 Å². The van der Waals surface area contributed by atoms with Crippen LogP contribution >= 0.6 is 11.6 Å². The molecule has 0 aliphatic carbocycles. The molecule has 1 N–H and O–H groups in total. The summed E-state index contributed by atoms with van der Waals surface area (Å²) in [5.41, 5.74) is 1.19. The molecule has 1 aromatic heterocycles. The van der Waals surface area contributed by atoms with Crippen LogP contribution in [-0.2, 0) is 11.3 Å². The fourth-order valence-electron chi connectivity index (χ4n) is 2.02. The Kier molecular flexibility index (Phi) is 5.59. The maximum absolute atomic E-state index is 13.9.